The molecule has 0 spiro atoms. The van der Waals surface area contributed by atoms with Crippen LogP contribution in [0.3, 0.4) is 0 Å². The van der Waals surface area contributed by atoms with E-state index in [1.165, 1.54) is 18.5 Å². The van der Waals surface area contributed by atoms with E-state index >= 15 is 0 Å². The second-order valence-corrected chi connectivity index (χ2v) is 8.79. The van der Waals surface area contributed by atoms with Gasteiger partial charge in [-0.15, -0.1) is 0 Å². The van der Waals surface area contributed by atoms with Crippen molar-refractivity contribution in [2.45, 2.75) is 0 Å². The summed E-state index contributed by atoms with van der Waals surface area (Å²) in [6.07, 6.45) is 8.80. The van der Waals surface area contributed by atoms with Gasteiger partial charge in [-0.05, 0) is 30.3 Å². The Labute approximate surface area is 182 Å². The normalized spacial score (nSPS) is 11.3. The number of aromatic nitrogens is 4. The summed E-state index contributed by atoms with van der Waals surface area (Å²) in [4.78, 5) is 29.4. The van der Waals surface area contributed by atoms with Crippen molar-refractivity contribution in [3.63, 3.8) is 0 Å². The molecule has 0 atom stereocenters. The summed E-state index contributed by atoms with van der Waals surface area (Å²) in [5.74, 6) is -0.609. The topological polar surface area (TPSA) is 127 Å². The lowest BCUT2D eigenvalue weighted by Gasteiger charge is -2.11. The smallest absolute Gasteiger partial charge is 0.293 e. The Bertz CT molecular complexity index is 1410. The van der Waals surface area contributed by atoms with E-state index in [0.29, 0.717) is 38.4 Å². The Morgan fingerprint density at radius 2 is 1.87 bits per heavy atom. The number of anilines is 2. The number of halogens is 1. The summed E-state index contributed by atoms with van der Waals surface area (Å²) >= 11 is 6.02. The zero-order chi connectivity index (χ0) is 22.0. The van der Waals surface area contributed by atoms with E-state index in [-0.39, 0.29) is 5.82 Å². The first-order chi connectivity index (χ1) is 14.8. The third kappa shape index (κ3) is 4.93. The molecule has 9 nitrogen and oxygen atoms in total. The van der Waals surface area contributed by atoms with Crippen molar-refractivity contribution in [3.05, 3.63) is 72.2 Å². The predicted octanol–water partition coefficient (Wildman–Crippen LogP) is 3.36. The minimum atomic E-state index is -3.44. The molecular weight excluding hydrogens is 440 g/mol. The summed E-state index contributed by atoms with van der Waals surface area (Å²) in [6, 6.07) is 8.14. The number of carbonyl (C=O) groups is 1. The van der Waals surface area contributed by atoms with Crippen molar-refractivity contribution in [1.29, 1.82) is 0 Å². The van der Waals surface area contributed by atoms with Crippen molar-refractivity contribution >= 4 is 49.8 Å². The highest BCUT2D eigenvalue weighted by Gasteiger charge is 2.14. The van der Waals surface area contributed by atoms with Crippen molar-refractivity contribution in [3.8, 4) is 11.1 Å². The summed E-state index contributed by atoms with van der Waals surface area (Å²) < 4.78 is 25.3. The maximum absolute atomic E-state index is 12.8. The third-order valence-electron chi connectivity index (χ3n) is 4.17. The van der Waals surface area contributed by atoms with Gasteiger partial charge >= 0.3 is 0 Å². The van der Waals surface area contributed by atoms with Crippen molar-refractivity contribution in [2.75, 3.05) is 16.3 Å². The molecule has 0 saturated heterocycles. The van der Waals surface area contributed by atoms with E-state index in [2.05, 4.69) is 30.0 Å². The van der Waals surface area contributed by atoms with E-state index in [1.54, 1.807) is 42.9 Å². The van der Waals surface area contributed by atoms with Crippen molar-refractivity contribution < 1.29 is 13.2 Å². The maximum Gasteiger partial charge on any atom is 0.293 e. The molecule has 1 amide bonds. The highest BCUT2D eigenvalue weighted by Crippen LogP contribution is 2.28. The predicted molar refractivity (Wildman–Crippen MR) is 118 cm³/mol. The molecule has 156 valence electrons. The van der Waals surface area contributed by atoms with Crippen LogP contribution in [0.1, 0.15) is 10.6 Å². The number of hydrogen-bond acceptors (Lipinski definition) is 7. The van der Waals surface area contributed by atoms with Crippen molar-refractivity contribution in [2.24, 2.45) is 0 Å². The first kappa shape index (κ1) is 20.6. The van der Waals surface area contributed by atoms with E-state index in [9.17, 15) is 13.2 Å². The molecule has 3 aromatic heterocycles. The minimum absolute atomic E-state index is 0.0732. The molecule has 0 aliphatic carbocycles. The van der Waals surface area contributed by atoms with Gasteiger partial charge in [-0.25, -0.2) is 18.4 Å². The molecule has 0 aliphatic rings. The summed E-state index contributed by atoms with van der Waals surface area (Å²) in [7, 11) is -3.44. The Hall–Kier alpha value is -3.63. The molecule has 3 heterocycles. The van der Waals surface area contributed by atoms with Crippen LogP contribution in [0.2, 0.25) is 5.02 Å². The highest BCUT2D eigenvalue weighted by molar-refractivity contribution is 7.92. The highest BCUT2D eigenvalue weighted by atomic mass is 35.5. The van der Waals surface area contributed by atoms with Crippen LogP contribution in [0.5, 0.6) is 0 Å². The van der Waals surface area contributed by atoms with Gasteiger partial charge in [-0.1, -0.05) is 11.6 Å². The molecule has 4 aromatic rings. The van der Waals surface area contributed by atoms with Gasteiger partial charge in [0, 0.05) is 47.5 Å². The van der Waals surface area contributed by atoms with Crippen LogP contribution in [0.25, 0.3) is 22.0 Å². The number of hydrogen-bond donors (Lipinski definition) is 2. The lowest BCUT2D eigenvalue weighted by Crippen LogP contribution is -2.16. The summed E-state index contributed by atoms with van der Waals surface area (Å²) in [6.45, 7) is 0. The van der Waals surface area contributed by atoms with E-state index in [1.807, 2.05) is 0 Å². The maximum atomic E-state index is 12.8. The number of fused-ring (bicyclic) bond motifs is 1. The molecule has 11 heteroatoms. The number of benzene rings is 1. The van der Waals surface area contributed by atoms with Crippen LogP contribution in [0.15, 0.2) is 61.3 Å². The summed E-state index contributed by atoms with van der Waals surface area (Å²) in [5, 5.41) is 3.89. The zero-order valence-corrected chi connectivity index (χ0v) is 17.6. The van der Waals surface area contributed by atoms with E-state index in [4.69, 9.17) is 11.6 Å². The zero-order valence-electron chi connectivity index (χ0n) is 16.1. The van der Waals surface area contributed by atoms with Gasteiger partial charge in [0.1, 0.15) is 0 Å². The molecular formula is C20H15ClN6O3S. The second kappa shape index (κ2) is 8.25. The van der Waals surface area contributed by atoms with Crippen LogP contribution < -0.4 is 10.0 Å². The van der Waals surface area contributed by atoms with Gasteiger partial charge in [-0.2, -0.15) is 0 Å². The number of rotatable bonds is 5. The lowest BCUT2D eigenvalue weighted by atomic mass is 10.1. The van der Waals surface area contributed by atoms with Gasteiger partial charge in [0.25, 0.3) is 5.91 Å². The number of sulfonamides is 1. The molecule has 0 aliphatic heterocycles. The Balaban J connectivity index is 1.65. The van der Waals surface area contributed by atoms with Gasteiger partial charge < -0.3 is 5.32 Å². The fourth-order valence-electron chi connectivity index (χ4n) is 2.88. The lowest BCUT2D eigenvalue weighted by molar-refractivity contribution is 0.101. The molecule has 0 saturated carbocycles. The quantitative estimate of drug-likeness (QED) is 0.473. The fraction of sp³-hybridized carbons (Fsp3) is 0.0500. The standard InChI is InChI=1S/C20H15ClN6O3S/c1-31(29,30)27-15-3-2-12-9-24-19(25-18(12)7-15)20(28)26-17-4-5-22-11-16(17)13-6-14(21)10-23-8-13/h2-11,27H,1H3,(H,22,26,28). The van der Waals surface area contributed by atoms with Crippen LogP contribution >= 0.6 is 11.6 Å². The van der Waals surface area contributed by atoms with Crippen molar-refractivity contribution in [1.82, 2.24) is 19.9 Å². The SMILES string of the molecule is CS(=O)(=O)Nc1ccc2cnc(C(=O)Nc3ccncc3-c3cncc(Cl)c3)nc2c1. The first-order valence-corrected chi connectivity index (χ1v) is 11.2. The summed E-state index contributed by atoms with van der Waals surface area (Å²) in [5.41, 5.74) is 2.56. The molecule has 0 unspecified atom stereocenters. The minimum Gasteiger partial charge on any atom is -0.319 e. The van der Waals surface area contributed by atoms with E-state index in [0.717, 1.165) is 6.26 Å². The Morgan fingerprint density at radius 3 is 2.65 bits per heavy atom. The first-order valence-electron chi connectivity index (χ1n) is 8.89. The van der Waals surface area contributed by atoms with Crippen LogP contribution in [-0.4, -0.2) is 40.5 Å². The third-order valence-corrected chi connectivity index (χ3v) is 4.99. The molecule has 2 N–H and O–H groups in total. The molecule has 1 aromatic carbocycles. The molecule has 4 rings (SSSR count). The van der Waals surface area contributed by atoms with E-state index < -0.39 is 15.9 Å². The van der Waals surface area contributed by atoms with Crippen LogP contribution in [-0.2, 0) is 10.0 Å². The number of nitrogens with zero attached hydrogens (tertiary/aromatic N) is 4. The number of carbonyl (C=O) groups excluding carboxylic acids is 1. The average molecular weight is 455 g/mol. The van der Waals surface area contributed by atoms with Gasteiger partial charge in [0.05, 0.1) is 28.2 Å². The monoisotopic (exact) mass is 454 g/mol. The van der Waals surface area contributed by atoms with Gasteiger partial charge in [0.15, 0.2) is 0 Å². The Kier molecular flexibility index (Phi) is 5.49. The number of nitrogens with one attached hydrogen (secondary N) is 2. The average Bonchev–Trinajstić information content (AvgIpc) is 2.72. The van der Waals surface area contributed by atoms with Gasteiger partial charge in [0.2, 0.25) is 15.8 Å². The van der Waals surface area contributed by atoms with Crippen LogP contribution in [0.4, 0.5) is 11.4 Å². The second-order valence-electron chi connectivity index (χ2n) is 6.61. The van der Waals surface area contributed by atoms with Crippen LogP contribution in [0, 0.1) is 0 Å². The fourth-order valence-corrected chi connectivity index (χ4v) is 3.61. The molecule has 0 radical (unpaired) electrons. The number of amides is 1. The molecule has 0 fully saturated rings. The molecule has 31 heavy (non-hydrogen) atoms. The largest absolute Gasteiger partial charge is 0.319 e. The van der Waals surface area contributed by atoms with Gasteiger partial charge in [-0.3, -0.25) is 19.5 Å². The Morgan fingerprint density at radius 1 is 1.03 bits per heavy atom. The number of pyridine rings is 2. The molecule has 0 bridgehead atoms.